The Labute approximate surface area is 138 Å². The molecule has 3 aromatic rings. The first-order valence-electron chi connectivity index (χ1n) is 7.53. The van der Waals surface area contributed by atoms with E-state index in [2.05, 4.69) is 9.97 Å². The summed E-state index contributed by atoms with van der Waals surface area (Å²) in [7, 11) is 0. The fraction of sp³-hybridized carbons (Fsp3) is 0.176. The van der Waals surface area contributed by atoms with Crippen molar-refractivity contribution in [3.05, 3.63) is 42.5 Å². The van der Waals surface area contributed by atoms with E-state index in [1.165, 1.54) is 0 Å². The van der Waals surface area contributed by atoms with Crippen LogP contribution in [0, 0.1) is 0 Å². The van der Waals surface area contributed by atoms with Gasteiger partial charge in [0.05, 0.1) is 24.1 Å². The fourth-order valence-corrected chi connectivity index (χ4v) is 2.49. The van der Waals surface area contributed by atoms with Crippen LogP contribution >= 0.6 is 0 Å². The van der Waals surface area contributed by atoms with Gasteiger partial charge in [-0.2, -0.15) is 4.98 Å². The Bertz CT molecular complexity index is 882. The van der Waals surface area contributed by atoms with E-state index in [0.717, 1.165) is 0 Å². The highest BCUT2D eigenvalue weighted by molar-refractivity contribution is 5.95. The summed E-state index contributed by atoms with van der Waals surface area (Å²) in [6, 6.07) is 13.0. The Kier molecular flexibility index (Phi) is 3.55. The maximum Gasteiger partial charge on any atom is 0.222 e. The quantitative estimate of drug-likeness (QED) is 0.759. The maximum absolute atomic E-state index is 6.01. The van der Waals surface area contributed by atoms with E-state index in [0.29, 0.717) is 41.4 Å². The number of aromatic nitrogens is 2. The molecule has 2 aromatic carbocycles. The summed E-state index contributed by atoms with van der Waals surface area (Å²) in [5, 5.41) is 0.622. The Morgan fingerprint density at radius 2 is 1.79 bits per heavy atom. The Morgan fingerprint density at radius 1 is 1.00 bits per heavy atom. The molecule has 1 saturated heterocycles. The zero-order valence-electron chi connectivity index (χ0n) is 12.8. The van der Waals surface area contributed by atoms with Crippen molar-refractivity contribution >= 4 is 22.7 Å². The number of benzene rings is 2. The van der Waals surface area contributed by atoms with Crippen LogP contribution in [0.25, 0.3) is 10.9 Å². The highest BCUT2D eigenvalue weighted by Crippen LogP contribution is 2.36. The van der Waals surface area contributed by atoms with Gasteiger partial charge >= 0.3 is 0 Å². The number of nitrogens with two attached hydrogens (primary N) is 2. The molecule has 0 unspecified atom stereocenters. The van der Waals surface area contributed by atoms with Gasteiger partial charge in [0.25, 0.3) is 0 Å². The number of fused-ring (bicyclic) bond motifs is 1. The van der Waals surface area contributed by atoms with Crippen LogP contribution in [0.4, 0.5) is 11.8 Å². The van der Waals surface area contributed by atoms with Crippen LogP contribution in [-0.4, -0.2) is 29.3 Å². The predicted octanol–water partition coefficient (Wildman–Crippen LogP) is 2.36. The van der Waals surface area contributed by atoms with E-state index in [9.17, 15) is 0 Å². The van der Waals surface area contributed by atoms with Crippen LogP contribution in [-0.2, 0) is 4.74 Å². The number of para-hydroxylation sites is 1. The zero-order chi connectivity index (χ0) is 16.5. The lowest BCUT2D eigenvalue weighted by molar-refractivity contribution is -0.0791. The van der Waals surface area contributed by atoms with Crippen LogP contribution in [0.5, 0.6) is 17.2 Å². The Balaban J connectivity index is 1.79. The molecule has 0 spiro atoms. The molecule has 0 radical (unpaired) electrons. The van der Waals surface area contributed by atoms with Crippen molar-refractivity contribution in [2.24, 2.45) is 0 Å². The average molecular weight is 324 g/mol. The molecule has 0 saturated carbocycles. The van der Waals surface area contributed by atoms with Crippen LogP contribution in [0.2, 0.25) is 0 Å². The molecule has 1 aliphatic heterocycles. The van der Waals surface area contributed by atoms with Gasteiger partial charge in [-0.15, -0.1) is 0 Å². The molecule has 122 valence electrons. The third-order valence-corrected chi connectivity index (χ3v) is 3.66. The second-order valence-electron chi connectivity index (χ2n) is 5.48. The van der Waals surface area contributed by atoms with Crippen LogP contribution in [0.15, 0.2) is 42.5 Å². The molecule has 4 N–H and O–H groups in total. The first-order chi connectivity index (χ1) is 11.7. The minimum absolute atomic E-state index is 0.0165. The van der Waals surface area contributed by atoms with Crippen LogP contribution < -0.4 is 20.9 Å². The van der Waals surface area contributed by atoms with Gasteiger partial charge in [-0.05, 0) is 12.1 Å². The molecular formula is C17H16N4O3. The number of ether oxygens (including phenoxy) is 3. The monoisotopic (exact) mass is 324 g/mol. The SMILES string of the molecule is Nc1nc(N)c2c(OC3COC3)cc(Oc3ccccc3)cc2n1. The largest absolute Gasteiger partial charge is 0.485 e. The second kappa shape index (κ2) is 5.86. The number of rotatable bonds is 4. The summed E-state index contributed by atoms with van der Waals surface area (Å²) in [5.41, 5.74) is 12.3. The maximum atomic E-state index is 6.01. The summed E-state index contributed by atoms with van der Waals surface area (Å²) in [6.07, 6.45) is -0.0165. The van der Waals surface area contributed by atoms with E-state index in [-0.39, 0.29) is 17.9 Å². The summed E-state index contributed by atoms with van der Waals surface area (Å²) in [6.45, 7) is 1.09. The van der Waals surface area contributed by atoms with Gasteiger partial charge in [0.15, 0.2) is 0 Å². The normalized spacial score (nSPS) is 14.3. The molecule has 1 aromatic heterocycles. The summed E-state index contributed by atoms with van der Waals surface area (Å²) >= 11 is 0. The molecule has 7 nitrogen and oxygen atoms in total. The summed E-state index contributed by atoms with van der Waals surface area (Å²) in [5.74, 6) is 2.24. The number of nitrogens with zero attached hydrogens (tertiary/aromatic N) is 2. The van der Waals surface area contributed by atoms with Gasteiger partial charge in [-0.3, -0.25) is 0 Å². The van der Waals surface area contributed by atoms with Gasteiger partial charge in [0.1, 0.15) is 29.2 Å². The van der Waals surface area contributed by atoms with Gasteiger partial charge < -0.3 is 25.7 Å². The van der Waals surface area contributed by atoms with E-state index in [1.807, 2.05) is 30.3 Å². The minimum atomic E-state index is -0.0165. The molecule has 1 aliphatic rings. The average Bonchev–Trinajstić information content (AvgIpc) is 2.51. The van der Waals surface area contributed by atoms with E-state index < -0.39 is 0 Å². The first kappa shape index (κ1) is 14.5. The molecule has 0 atom stereocenters. The van der Waals surface area contributed by atoms with Crippen molar-refractivity contribution in [2.75, 3.05) is 24.7 Å². The second-order valence-corrected chi connectivity index (χ2v) is 5.48. The number of anilines is 2. The molecule has 0 bridgehead atoms. The van der Waals surface area contributed by atoms with Crippen LogP contribution in [0.1, 0.15) is 0 Å². The molecule has 7 heteroatoms. The standard InChI is InChI=1S/C17H16N4O3/c18-16-15-13(20-17(19)21-16)6-11(23-10-4-2-1-3-5-10)7-14(15)24-12-8-22-9-12/h1-7,12H,8-9H2,(H4,18,19,20,21). The molecule has 4 rings (SSSR count). The lowest BCUT2D eigenvalue weighted by atomic mass is 10.2. The minimum Gasteiger partial charge on any atom is -0.485 e. The number of hydrogen-bond donors (Lipinski definition) is 2. The lowest BCUT2D eigenvalue weighted by Crippen LogP contribution is -2.38. The van der Waals surface area contributed by atoms with Crippen LogP contribution in [0.3, 0.4) is 0 Å². The van der Waals surface area contributed by atoms with Gasteiger partial charge in [-0.1, -0.05) is 18.2 Å². The predicted molar refractivity (Wildman–Crippen MR) is 90.1 cm³/mol. The smallest absolute Gasteiger partial charge is 0.222 e. The molecule has 0 amide bonds. The Morgan fingerprint density at radius 3 is 2.50 bits per heavy atom. The van der Waals surface area contributed by atoms with Crippen molar-refractivity contribution in [3.8, 4) is 17.2 Å². The highest BCUT2D eigenvalue weighted by Gasteiger charge is 2.23. The van der Waals surface area contributed by atoms with E-state index in [4.69, 9.17) is 25.7 Å². The van der Waals surface area contributed by atoms with E-state index in [1.54, 1.807) is 12.1 Å². The van der Waals surface area contributed by atoms with E-state index >= 15 is 0 Å². The molecule has 1 fully saturated rings. The van der Waals surface area contributed by atoms with Crippen molar-refractivity contribution in [2.45, 2.75) is 6.10 Å². The van der Waals surface area contributed by atoms with Crippen molar-refractivity contribution < 1.29 is 14.2 Å². The topological polar surface area (TPSA) is 106 Å². The highest BCUT2D eigenvalue weighted by atomic mass is 16.6. The molecular weight excluding hydrogens is 308 g/mol. The fourth-order valence-electron chi connectivity index (χ4n) is 2.49. The molecule has 2 heterocycles. The first-order valence-corrected chi connectivity index (χ1v) is 7.53. The number of nitrogen functional groups attached to an aromatic ring is 2. The van der Waals surface area contributed by atoms with Gasteiger partial charge in [0, 0.05) is 12.1 Å². The van der Waals surface area contributed by atoms with Crippen molar-refractivity contribution in [1.29, 1.82) is 0 Å². The molecule has 24 heavy (non-hydrogen) atoms. The lowest BCUT2D eigenvalue weighted by Gasteiger charge is -2.27. The van der Waals surface area contributed by atoms with Gasteiger partial charge in [0.2, 0.25) is 5.95 Å². The Hall–Kier alpha value is -3.06. The summed E-state index contributed by atoms with van der Waals surface area (Å²) in [4.78, 5) is 8.27. The third kappa shape index (κ3) is 2.77. The third-order valence-electron chi connectivity index (χ3n) is 3.66. The van der Waals surface area contributed by atoms with Crippen molar-refractivity contribution in [3.63, 3.8) is 0 Å². The van der Waals surface area contributed by atoms with Crippen molar-refractivity contribution in [1.82, 2.24) is 9.97 Å². The van der Waals surface area contributed by atoms with Gasteiger partial charge in [-0.25, -0.2) is 4.98 Å². The summed E-state index contributed by atoms with van der Waals surface area (Å²) < 4.78 is 17.0. The molecule has 0 aliphatic carbocycles. The zero-order valence-corrected chi connectivity index (χ0v) is 12.8. The number of hydrogen-bond acceptors (Lipinski definition) is 7.